The van der Waals surface area contributed by atoms with E-state index in [9.17, 15) is 10.0 Å². The number of rotatable bonds is 2. The lowest BCUT2D eigenvalue weighted by Gasteiger charge is -2.35. The third-order valence-corrected chi connectivity index (χ3v) is 5.95. The lowest BCUT2D eigenvalue weighted by Crippen LogP contribution is -2.48. The number of carbonyl (C=O) groups excluding carboxylic acids is 1. The van der Waals surface area contributed by atoms with Gasteiger partial charge in [0.05, 0.1) is 5.92 Å². The van der Waals surface area contributed by atoms with Gasteiger partial charge in [0.25, 0.3) is 0 Å². The van der Waals surface area contributed by atoms with Crippen molar-refractivity contribution < 1.29 is 9.52 Å². The van der Waals surface area contributed by atoms with Gasteiger partial charge in [0.2, 0.25) is 22.8 Å². The number of anilines is 1. The minimum Gasteiger partial charge on any atom is -0.618 e. The largest absolute Gasteiger partial charge is 0.618 e. The quantitative estimate of drug-likeness (QED) is 0.499. The first-order valence-corrected chi connectivity index (χ1v) is 9.99. The smallest absolute Gasteiger partial charge is 0.243 e. The molecule has 1 aliphatic carbocycles. The highest BCUT2D eigenvalue weighted by atomic mass is 16.5. The number of aromatic nitrogens is 3. The molecule has 1 aromatic carbocycles. The van der Waals surface area contributed by atoms with Crippen LogP contribution < -0.4 is 9.63 Å². The summed E-state index contributed by atoms with van der Waals surface area (Å²) in [4.78, 5) is 20.2. The normalized spacial score (nSPS) is 19.4. The minimum absolute atomic E-state index is 0.0196. The van der Waals surface area contributed by atoms with Crippen molar-refractivity contribution in [3.05, 3.63) is 65.8 Å². The average molecular weight is 389 g/mol. The molecule has 0 radical (unpaired) electrons. The van der Waals surface area contributed by atoms with E-state index in [1.807, 2.05) is 39.8 Å². The summed E-state index contributed by atoms with van der Waals surface area (Å²) in [7, 11) is 0. The molecular formula is C22H23N5O2. The van der Waals surface area contributed by atoms with Crippen LogP contribution in [0.5, 0.6) is 0 Å². The van der Waals surface area contributed by atoms with Gasteiger partial charge in [-0.25, -0.2) is 4.98 Å². The van der Waals surface area contributed by atoms with E-state index in [0.29, 0.717) is 16.9 Å². The molecule has 0 N–H and O–H groups in total. The molecule has 1 unspecified atom stereocenters. The second kappa shape index (κ2) is 6.92. The summed E-state index contributed by atoms with van der Waals surface area (Å²) in [5.74, 6) is 0.140. The Bertz CT molecular complexity index is 1150. The Morgan fingerprint density at radius 2 is 2.03 bits per heavy atom. The van der Waals surface area contributed by atoms with Gasteiger partial charge >= 0.3 is 0 Å². The molecule has 7 heteroatoms. The second-order valence-electron chi connectivity index (χ2n) is 7.62. The monoisotopic (exact) mass is 389 g/mol. The van der Waals surface area contributed by atoms with Crippen LogP contribution in [0.15, 0.2) is 54.9 Å². The predicted molar refractivity (Wildman–Crippen MR) is 112 cm³/mol. The molecule has 148 valence electrons. The van der Waals surface area contributed by atoms with E-state index in [0.717, 1.165) is 48.5 Å². The molecule has 7 nitrogen and oxygen atoms in total. The molecule has 0 spiro atoms. The molecule has 3 aromatic rings. The van der Waals surface area contributed by atoms with Crippen LogP contribution in [0.2, 0.25) is 0 Å². The van der Waals surface area contributed by atoms with E-state index < -0.39 is 0 Å². The van der Waals surface area contributed by atoms with Crippen LogP contribution in [0.1, 0.15) is 25.0 Å². The maximum absolute atomic E-state index is 13.3. The van der Waals surface area contributed by atoms with Crippen LogP contribution in [0.25, 0.3) is 16.7 Å². The average Bonchev–Trinajstić information content (AvgIpc) is 3.24. The van der Waals surface area contributed by atoms with Gasteiger partial charge < -0.3 is 15.0 Å². The molecule has 1 aliphatic heterocycles. The van der Waals surface area contributed by atoms with Gasteiger partial charge in [0.1, 0.15) is 5.52 Å². The molecule has 0 saturated carbocycles. The minimum atomic E-state index is 0.0196. The molecule has 3 heterocycles. The Labute approximate surface area is 168 Å². The molecule has 0 bridgehead atoms. The van der Waals surface area contributed by atoms with Crippen molar-refractivity contribution >= 4 is 28.3 Å². The fraction of sp³-hybridized carbons (Fsp3) is 0.318. The molecule has 5 rings (SSSR count). The molecule has 2 aliphatic rings. The number of piperazine rings is 1. The zero-order valence-corrected chi connectivity index (χ0v) is 16.4. The Balaban J connectivity index is 1.58. The Hall–Kier alpha value is -3.35. The first kappa shape index (κ1) is 17.7. The van der Waals surface area contributed by atoms with Crippen LogP contribution in [0.4, 0.5) is 5.69 Å². The molecule has 1 amide bonds. The fourth-order valence-corrected chi connectivity index (χ4v) is 4.36. The van der Waals surface area contributed by atoms with Crippen molar-refractivity contribution in [2.75, 3.05) is 31.1 Å². The molecule has 1 saturated heterocycles. The Morgan fingerprint density at radius 3 is 2.76 bits per heavy atom. The number of allylic oxidation sites excluding steroid dienone is 4. The van der Waals surface area contributed by atoms with E-state index in [1.54, 1.807) is 13.1 Å². The van der Waals surface area contributed by atoms with E-state index in [-0.39, 0.29) is 11.8 Å². The van der Waals surface area contributed by atoms with Gasteiger partial charge in [-0.15, -0.1) is 0 Å². The van der Waals surface area contributed by atoms with Crippen molar-refractivity contribution in [2.24, 2.45) is 0 Å². The highest BCUT2D eigenvalue weighted by Crippen LogP contribution is 2.29. The van der Waals surface area contributed by atoms with Gasteiger partial charge in [0.15, 0.2) is 0 Å². The number of amides is 1. The van der Waals surface area contributed by atoms with Crippen LogP contribution in [-0.2, 0) is 4.79 Å². The molecule has 1 fully saturated rings. The van der Waals surface area contributed by atoms with E-state index >= 15 is 0 Å². The number of hydrogen-bond acceptors (Lipinski definition) is 4. The highest BCUT2D eigenvalue weighted by molar-refractivity contribution is 5.80. The van der Waals surface area contributed by atoms with Crippen molar-refractivity contribution in [3.63, 3.8) is 0 Å². The lowest BCUT2D eigenvalue weighted by atomic mass is 9.97. The molecule has 2 aromatic heterocycles. The molecule has 1 atom stereocenters. The van der Waals surface area contributed by atoms with Gasteiger partial charge in [-0.1, -0.05) is 24.3 Å². The van der Waals surface area contributed by atoms with E-state index in [4.69, 9.17) is 0 Å². The number of benzene rings is 1. The third-order valence-electron chi connectivity index (χ3n) is 5.95. The van der Waals surface area contributed by atoms with Gasteiger partial charge in [-0.2, -0.15) is 4.73 Å². The topological polar surface area (TPSA) is 67.8 Å². The van der Waals surface area contributed by atoms with Gasteiger partial charge in [-0.05, 0) is 18.6 Å². The molecular weight excluding hydrogens is 366 g/mol. The van der Waals surface area contributed by atoms with Gasteiger partial charge in [0, 0.05) is 57.3 Å². The summed E-state index contributed by atoms with van der Waals surface area (Å²) in [5, 5.41) is 13.3. The zero-order chi connectivity index (χ0) is 20.0. The maximum Gasteiger partial charge on any atom is 0.243 e. The summed E-state index contributed by atoms with van der Waals surface area (Å²) < 4.78 is 3.06. The maximum atomic E-state index is 13.3. The van der Waals surface area contributed by atoms with Crippen LogP contribution in [0, 0.1) is 5.21 Å². The number of fused-ring (bicyclic) bond motifs is 3. The van der Waals surface area contributed by atoms with Crippen LogP contribution in [-0.4, -0.2) is 46.4 Å². The number of hydrogen-bond donors (Lipinski definition) is 0. The number of imidazole rings is 1. The zero-order valence-electron chi connectivity index (χ0n) is 16.4. The number of carbonyl (C=O) groups is 1. The third kappa shape index (κ3) is 2.93. The predicted octanol–water partition coefficient (Wildman–Crippen LogP) is 2.39. The van der Waals surface area contributed by atoms with Crippen molar-refractivity contribution in [3.8, 4) is 0 Å². The first-order chi connectivity index (χ1) is 14.1. The lowest BCUT2D eigenvalue weighted by molar-refractivity contribution is -0.586. The summed E-state index contributed by atoms with van der Waals surface area (Å²) in [6.45, 7) is 4.62. The van der Waals surface area contributed by atoms with Crippen molar-refractivity contribution in [1.82, 2.24) is 14.3 Å². The number of nitrogens with zero attached hydrogens (tertiary/aromatic N) is 5. The first-order valence-electron chi connectivity index (χ1n) is 9.99. The standard InChI is InChI=1S/C22H23N5O2/c1-16(28)24-11-13-25(14-12-24)18-7-8-19-20(15-18)26-10-9-23-22(26)21(27(19)29)17-5-3-2-4-6-17/h2-5,7-10,15,17H,6,11-14H2,1H3. The van der Waals surface area contributed by atoms with Crippen molar-refractivity contribution in [1.29, 1.82) is 0 Å². The van der Waals surface area contributed by atoms with Crippen LogP contribution in [0.3, 0.4) is 0 Å². The molecule has 29 heavy (non-hydrogen) atoms. The van der Waals surface area contributed by atoms with Gasteiger partial charge in [-0.3, -0.25) is 9.20 Å². The Morgan fingerprint density at radius 1 is 1.21 bits per heavy atom. The van der Waals surface area contributed by atoms with Crippen LogP contribution >= 0.6 is 0 Å². The van der Waals surface area contributed by atoms with E-state index in [2.05, 4.69) is 28.1 Å². The summed E-state index contributed by atoms with van der Waals surface area (Å²) in [5.41, 5.74) is 3.93. The SMILES string of the molecule is CC(=O)N1CCN(c2ccc3c(c2)n2ccnc2c(C2C=CC=CC2)[n+]3[O-])CC1. The van der Waals surface area contributed by atoms with E-state index in [1.165, 1.54) is 0 Å². The summed E-state index contributed by atoms with van der Waals surface area (Å²) in [6, 6.07) is 5.96. The second-order valence-corrected chi connectivity index (χ2v) is 7.62. The summed E-state index contributed by atoms with van der Waals surface area (Å²) >= 11 is 0. The fourth-order valence-electron chi connectivity index (χ4n) is 4.36. The highest BCUT2D eigenvalue weighted by Gasteiger charge is 2.27. The van der Waals surface area contributed by atoms with Crippen molar-refractivity contribution in [2.45, 2.75) is 19.3 Å². The summed E-state index contributed by atoms with van der Waals surface area (Å²) in [6.07, 6.45) is 12.6. The Kier molecular flexibility index (Phi) is 4.23.